The Labute approximate surface area is 108 Å². The molecule has 2 unspecified atom stereocenters. The number of hydrogen-bond acceptors (Lipinski definition) is 2. The van der Waals surface area contributed by atoms with Gasteiger partial charge in [-0.2, -0.15) is 0 Å². The zero-order valence-electron chi connectivity index (χ0n) is 10.3. The summed E-state index contributed by atoms with van der Waals surface area (Å²) in [6.07, 6.45) is 10.5. The van der Waals surface area contributed by atoms with Gasteiger partial charge in [0.05, 0.1) is 0 Å². The van der Waals surface area contributed by atoms with E-state index >= 15 is 0 Å². The van der Waals surface area contributed by atoms with Crippen molar-refractivity contribution < 1.29 is 5.11 Å². The molecule has 1 aliphatic heterocycles. The van der Waals surface area contributed by atoms with Gasteiger partial charge < -0.3 is 15.7 Å². The molecule has 0 bridgehead atoms. The Hall–Kier alpha value is -0.350. The molecule has 2 saturated carbocycles. The predicted molar refractivity (Wildman–Crippen MR) is 71.6 cm³/mol. The fourth-order valence-corrected chi connectivity index (χ4v) is 4.62. The van der Waals surface area contributed by atoms with E-state index in [1.54, 1.807) is 0 Å². The molecule has 3 rings (SSSR count). The predicted octanol–water partition coefficient (Wildman–Crippen LogP) is 2.05. The highest BCUT2D eigenvalue weighted by molar-refractivity contribution is 7.80. The quantitative estimate of drug-likeness (QED) is 0.579. The summed E-state index contributed by atoms with van der Waals surface area (Å²) in [5.74, 6) is 0.329. The summed E-state index contributed by atoms with van der Waals surface area (Å²) in [5.41, 5.74) is -0.659. The van der Waals surface area contributed by atoms with Crippen molar-refractivity contribution in [2.24, 2.45) is 5.92 Å². The average molecular weight is 254 g/mol. The Kier molecular flexibility index (Phi) is 2.82. The lowest BCUT2D eigenvalue weighted by molar-refractivity contribution is -0.113. The first-order chi connectivity index (χ1) is 8.15. The van der Waals surface area contributed by atoms with Crippen molar-refractivity contribution in [3.05, 3.63) is 0 Å². The van der Waals surface area contributed by atoms with Crippen molar-refractivity contribution in [1.82, 2.24) is 10.6 Å². The number of rotatable bonds is 0. The normalized spacial score (nSPS) is 40.3. The van der Waals surface area contributed by atoms with E-state index in [-0.39, 0.29) is 5.54 Å². The van der Waals surface area contributed by atoms with E-state index in [0.29, 0.717) is 11.0 Å². The molecule has 3 aliphatic rings. The second-order valence-electron chi connectivity index (χ2n) is 6.02. The summed E-state index contributed by atoms with van der Waals surface area (Å²) in [6, 6.07) is 0. The van der Waals surface area contributed by atoms with E-state index in [1.165, 1.54) is 38.5 Å². The maximum atomic E-state index is 10.8. The van der Waals surface area contributed by atoms with Gasteiger partial charge >= 0.3 is 0 Å². The first-order valence-electron chi connectivity index (χ1n) is 6.97. The maximum absolute atomic E-state index is 10.8. The number of aliphatic hydroxyl groups is 1. The van der Waals surface area contributed by atoms with Crippen LogP contribution in [0, 0.1) is 5.92 Å². The molecule has 0 aromatic carbocycles. The van der Waals surface area contributed by atoms with Crippen molar-refractivity contribution in [2.45, 2.75) is 69.1 Å². The van der Waals surface area contributed by atoms with Crippen molar-refractivity contribution >= 4 is 17.3 Å². The number of fused-ring (bicyclic) bond motifs is 2. The minimum absolute atomic E-state index is 0.0791. The molecule has 3 fully saturated rings. The van der Waals surface area contributed by atoms with Crippen LogP contribution in [0.15, 0.2) is 0 Å². The van der Waals surface area contributed by atoms with Crippen LogP contribution in [0.1, 0.15) is 57.8 Å². The van der Waals surface area contributed by atoms with Gasteiger partial charge in [-0.15, -0.1) is 0 Å². The molecule has 0 aromatic rings. The minimum Gasteiger partial charge on any atom is -0.371 e. The third-order valence-corrected chi connectivity index (χ3v) is 5.19. The summed E-state index contributed by atoms with van der Waals surface area (Å²) in [7, 11) is 0. The van der Waals surface area contributed by atoms with Crippen LogP contribution in [0.3, 0.4) is 0 Å². The van der Waals surface area contributed by atoms with Gasteiger partial charge in [0.1, 0.15) is 5.72 Å². The smallest absolute Gasteiger partial charge is 0.168 e. The fraction of sp³-hybridized carbons (Fsp3) is 0.923. The van der Waals surface area contributed by atoms with E-state index in [9.17, 15) is 5.11 Å². The van der Waals surface area contributed by atoms with Crippen LogP contribution in [-0.2, 0) is 0 Å². The number of thiocarbonyl (C=S) groups is 1. The topological polar surface area (TPSA) is 44.3 Å². The zero-order chi connectivity index (χ0) is 11.9. The van der Waals surface area contributed by atoms with Gasteiger partial charge in [0.25, 0.3) is 0 Å². The largest absolute Gasteiger partial charge is 0.371 e. The summed E-state index contributed by atoms with van der Waals surface area (Å²) in [6.45, 7) is 0. The van der Waals surface area contributed by atoms with Crippen molar-refractivity contribution in [3.8, 4) is 0 Å². The Bertz CT molecular complexity index is 327. The minimum atomic E-state index is -0.738. The van der Waals surface area contributed by atoms with Crippen LogP contribution in [0.5, 0.6) is 0 Å². The summed E-state index contributed by atoms with van der Waals surface area (Å²) in [4.78, 5) is 0. The monoisotopic (exact) mass is 254 g/mol. The molecule has 4 heteroatoms. The van der Waals surface area contributed by atoms with Crippen LogP contribution in [0.2, 0.25) is 0 Å². The van der Waals surface area contributed by atoms with Crippen molar-refractivity contribution in [3.63, 3.8) is 0 Å². The number of hydrogen-bond donors (Lipinski definition) is 3. The van der Waals surface area contributed by atoms with Crippen molar-refractivity contribution in [2.75, 3.05) is 0 Å². The maximum Gasteiger partial charge on any atom is 0.168 e. The van der Waals surface area contributed by atoms with Gasteiger partial charge in [-0.1, -0.05) is 25.7 Å². The van der Waals surface area contributed by atoms with Gasteiger partial charge in [0.15, 0.2) is 5.11 Å². The summed E-state index contributed by atoms with van der Waals surface area (Å²) >= 11 is 5.32. The molecule has 2 aliphatic carbocycles. The van der Waals surface area contributed by atoms with E-state index in [4.69, 9.17) is 12.2 Å². The Balaban J connectivity index is 1.93. The van der Waals surface area contributed by atoms with E-state index in [1.807, 2.05) is 0 Å². The van der Waals surface area contributed by atoms with Crippen LogP contribution >= 0.6 is 12.2 Å². The molecule has 0 aromatic heterocycles. The third kappa shape index (κ3) is 1.85. The Morgan fingerprint density at radius 1 is 1.00 bits per heavy atom. The lowest BCUT2D eigenvalue weighted by Crippen LogP contribution is -2.74. The van der Waals surface area contributed by atoms with E-state index < -0.39 is 5.72 Å². The standard InChI is InChI=1S/C13H22N2OS/c16-13-9-5-2-6-10(13)12(14-11(17)15-13)7-3-1-4-8-12/h10,16H,1-9H2,(H2,14,15,17). The molecule has 3 N–H and O–H groups in total. The van der Waals surface area contributed by atoms with Gasteiger partial charge in [-0.05, 0) is 44.3 Å². The third-order valence-electron chi connectivity index (χ3n) is 4.98. The van der Waals surface area contributed by atoms with Crippen LogP contribution in [0.4, 0.5) is 0 Å². The summed E-state index contributed by atoms with van der Waals surface area (Å²) < 4.78 is 0. The Morgan fingerprint density at radius 2 is 1.71 bits per heavy atom. The molecule has 0 radical (unpaired) electrons. The van der Waals surface area contributed by atoms with Crippen LogP contribution in [0.25, 0.3) is 0 Å². The molecule has 3 nitrogen and oxygen atoms in total. The number of nitrogens with one attached hydrogen (secondary N) is 2. The highest BCUT2D eigenvalue weighted by Crippen LogP contribution is 2.47. The first-order valence-corrected chi connectivity index (χ1v) is 7.38. The molecule has 1 heterocycles. The molecule has 0 amide bonds. The lowest BCUT2D eigenvalue weighted by Gasteiger charge is -2.57. The SMILES string of the molecule is OC12CCCCC1C1(CCCCC1)NC(=S)N2. The molecule has 1 saturated heterocycles. The molecule has 96 valence electrons. The van der Waals surface area contributed by atoms with Gasteiger partial charge in [0, 0.05) is 11.5 Å². The first kappa shape index (κ1) is 11.7. The average Bonchev–Trinajstić information content (AvgIpc) is 2.28. The fourth-order valence-electron chi connectivity index (χ4n) is 4.24. The van der Waals surface area contributed by atoms with Gasteiger partial charge in [0.2, 0.25) is 0 Å². The van der Waals surface area contributed by atoms with E-state index in [2.05, 4.69) is 10.6 Å². The van der Waals surface area contributed by atoms with Crippen molar-refractivity contribution in [1.29, 1.82) is 0 Å². The van der Waals surface area contributed by atoms with Gasteiger partial charge in [-0.3, -0.25) is 0 Å². The van der Waals surface area contributed by atoms with Crippen LogP contribution in [-0.4, -0.2) is 21.5 Å². The van der Waals surface area contributed by atoms with Crippen LogP contribution < -0.4 is 10.6 Å². The molecule has 1 spiro atoms. The summed E-state index contributed by atoms with van der Waals surface area (Å²) in [5, 5.41) is 18.2. The Morgan fingerprint density at radius 3 is 2.47 bits per heavy atom. The molecule has 2 atom stereocenters. The molecular weight excluding hydrogens is 232 g/mol. The van der Waals surface area contributed by atoms with E-state index in [0.717, 1.165) is 19.3 Å². The highest BCUT2D eigenvalue weighted by atomic mass is 32.1. The molecular formula is C13H22N2OS. The lowest BCUT2D eigenvalue weighted by atomic mass is 9.63. The zero-order valence-corrected chi connectivity index (χ0v) is 11.1. The highest BCUT2D eigenvalue weighted by Gasteiger charge is 2.55. The second kappa shape index (κ2) is 4.09. The second-order valence-corrected chi connectivity index (χ2v) is 6.43. The molecule has 17 heavy (non-hydrogen) atoms. The van der Waals surface area contributed by atoms with Gasteiger partial charge in [-0.25, -0.2) is 0 Å².